The van der Waals surface area contributed by atoms with Gasteiger partial charge in [0.25, 0.3) is 5.56 Å². The van der Waals surface area contributed by atoms with Gasteiger partial charge in [-0.05, 0) is 60.2 Å². The fraction of sp³-hybridized carbons (Fsp3) is 0.167. The van der Waals surface area contributed by atoms with Crippen molar-refractivity contribution in [3.63, 3.8) is 0 Å². The first-order valence-electron chi connectivity index (χ1n) is 12.1. The third-order valence-corrected chi connectivity index (χ3v) is 6.94. The van der Waals surface area contributed by atoms with Crippen LogP contribution < -0.4 is 29.2 Å². The maximum Gasteiger partial charge on any atom is 0.312 e. The molecule has 0 fully saturated rings. The van der Waals surface area contributed by atoms with E-state index in [2.05, 4.69) is 4.98 Å². The molecule has 0 aliphatic carbocycles. The van der Waals surface area contributed by atoms with Crippen molar-refractivity contribution in [3.05, 3.63) is 93.0 Å². The van der Waals surface area contributed by atoms with Crippen LogP contribution >= 0.6 is 0 Å². The molecule has 6 rings (SSSR count). The van der Waals surface area contributed by atoms with Crippen LogP contribution in [0.5, 0.6) is 28.7 Å². The number of benzene rings is 3. The molecule has 0 unspecified atom stereocenters. The summed E-state index contributed by atoms with van der Waals surface area (Å²) in [7, 11) is 4.63. The standard InChI is InChI=1S/C30H23NO8/c1-35-17-5-7-21-16(12-17)13-20(30(34)31-21)19-14-26(32)38-23-9-6-18-28(33)25(39-29(18)27(19)23)11-15-4-8-22(36-2)24(10-15)37-3/h4-13,19H,14H2,1-3H3,(H,31,34)/b25-11-/t19-/m1/s1. The van der Waals surface area contributed by atoms with Crippen molar-refractivity contribution < 1.29 is 33.3 Å². The van der Waals surface area contributed by atoms with Crippen molar-refractivity contribution >= 4 is 28.7 Å². The van der Waals surface area contributed by atoms with Crippen molar-refractivity contribution in [1.29, 1.82) is 0 Å². The summed E-state index contributed by atoms with van der Waals surface area (Å²) in [5.41, 5.74) is 2.11. The minimum absolute atomic E-state index is 0.0890. The molecule has 9 nitrogen and oxygen atoms in total. The van der Waals surface area contributed by atoms with E-state index in [1.54, 1.807) is 74.9 Å². The quantitative estimate of drug-likeness (QED) is 0.228. The highest BCUT2D eigenvalue weighted by molar-refractivity contribution is 6.15. The van der Waals surface area contributed by atoms with Gasteiger partial charge in [-0.2, -0.15) is 0 Å². The molecule has 0 spiro atoms. The maximum atomic E-state index is 13.3. The Morgan fingerprint density at radius 3 is 2.46 bits per heavy atom. The summed E-state index contributed by atoms with van der Waals surface area (Å²) in [6, 6.07) is 15.4. The molecule has 0 saturated heterocycles. The summed E-state index contributed by atoms with van der Waals surface area (Å²) >= 11 is 0. The Morgan fingerprint density at radius 2 is 1.69 bits per heavy atom. The van der Waals surface area contributed by atoms with Crippen molar-refractivity contribution in [3.8, 4) is 28.7 Å². The van der Waals surface area contributed by atoms with Gasteiger partial charge >= 0.3 is 5.97 Å². The van der Waals surface area contributed by atoms with Crippen LogP contribution in [-0.2, 0) is 4.79 Å². The van der Waals surface area contributed by atoms with E-state index in [9.17, 15) is 14.4 Å². The van der Waals surface area contributed by atoms with Crippen LogP contribution in [0.3, 0.4) is 0 Å². The van der Waals surface area contributed by atoms with Crippen LogP contribution in [0.1, 0.15) is 39.4 Å². The van der Waals surface area contributed by atoms with E-state index in [0.717, 1.165) is 5.39 Å². The lowest BCUT2D eigenvalue weighted by atomic mass is 9.85. The molecule has 0 bridgehead atoms. The predicted molar refractivity (Wildman–Crippen MR) is 142 cm³/mol. The van der Waals surface area contributed by atoms with Gasteiger partial charge in [0.05, 0.1) is 33.3 Å². The highest BCUT2D eigenvalue weighted by Gasteiger charge is 2.39. The number of methoxy groups -OCH3 is 3. The lowest BCUT2D eigenvalue weighted by Gasteiger charge is -2.26. The van der Waals surface area contributed by atoms with Crippen LogP contribution in [0.4, 0.5) is 0 Å². The van der Waals surface area contributed by atoms with Gasteiger partial charge in [0.2, 0.25) is 5.78 Å². The fourth-order valence-electron chi connectivity index (χ4n) is 5.05. The molecule has 2 aliphatic rings. The number of H-pyrrole nitrogens is 1. The van der Waals surface area contributed by atoms with Gasteiger partial charge in [0.15, 0.2) is 17.3 Å². The van der Waals surface area contributed by atoms with Gasteiger partial charge in [0, 0.05) is 27.9 Å². The molecule has 1 atom stereocenters. The molecule has 0 radical (unpaired) electrons. The number of carbonyl (C=O) groups excluding carboxylic acids is 2. The van der Waals surface area contributed by atoms with Crippen molar-refractivity contribution in [2.24, 2.45) is 0 Å². The summed E-state index contributed by atoms with van der Waals surface area (Å²) in [5, 5.41) is 0.739. The monoisotopic (exact) mass is 525 g/mol. The van der Waals surface area contributed by atoms with Crippen molar-refractivity contribution in [2.45, 2.75) is 12.3 Å². The predicted octanol–water partition coefficient (Wildman–Crippen LogP) is 4.61. The number of pyridine rings is 1. The first-order valence-corrected chi connectivity index (χ1v) is 12.1. The molecular weight excluding hydrogens is 502 g/mol. The number of aromatic amines is 1. The second kappa shape index (κ2) is 9.36. The lowest BCUT2D eigenvalue weighted by molar-refractivity contribution is -0.135. The average Bonchev–Trinajstić information content (AvgIpc) is 3.26. The third kappa shape index (κ3) is 4.08. The highest BCUT2D eigenvalue weighted by atomic mass is 16.5. The number of aromatic nitrogens is 1. The molecule has 4 aromatic rings. The number of allylic oxidation sites excluding steroid dienone is 1. The summed E-state index contributed by atoms with van der Waals surface area (Å²) in [6.45, 7) is 0. The van der Waals surface area contributed by atoms with Crippen molar-refractivity contribution in [1.82, 2.24) is 4.98 Å². The average molecular weight is 526 g/mol. The van der Waals surface area contributed by atoms with E-state index in [4.69, 9.17) is 23.7 Å². The number of ether oxygens (including phenoxy) is 5. The fourth-order valence-corrected chi connectivity index (χ4v) is 5.05. The second-order valence-electron chi connectivity index (χ2n) is 9.15. The van der Waals surface area contributed by atoms with Crippen molar-refractivity contribution in [2.75, 3.05) is 21.3 Å². The number of fused-ring (bicyclic) bond motifs is 4. The molecular formula is C30H23NO8. The summed E-state index contributed by atoms with van der Waals surface area (Å²) < 4.78 is 27.6. The number of carbonyl (C=O) groups is 2. The van der Waals surface area contributed by atoms with E-state index in [-0.39, 0.29) is 35.0 Å². The van der Waals surface area contributed by atoms with E-state index >= 15 is 0 Å². The normalized spacial score (nSPS) is 16.9. The zero-order valence-corrected chi connectivity index (χ0v) is 21.3. The Morgan fingerprint density at radius 1 is 0.872 bits per heavy atom. The Balaban J connectivity index is 1.46. The molecule has 1 N–H and O–H groups in total. The molecule has 196 valence electrons. The highest BCUT2D eigenvalue weighted by Crippen LogP contribution is 2.48. The van der Waals surface area contributed by atoms with Crippen LogP contribution in [-0.4, -0.2) is 38.1 Å². The molecule has 2 aliphatic heterocycles. The number of rotatable bonds is 5. The van der Waals surface area contributed by atoms with E-state index in [1.165, 1.54) is 7.11 Å². The Labute approximate surface area is 222 Å². The number of nitrogens with one attached hydrogen (secondary N) is 1. The number of Topliss-reactive ketones (excluding diaryl/α,β-unsaturated/α-hetero) is 1. The Bertz CT molecular complexity index is 1770. The number of hydrogen-bond acceptors (Lipinski definition) is 8. The van der Waals surface area contributed by atoms with E-state index < -0.39 is 11.9 Å². The van der Waals surface area contributed by atoms with Gasteiger partial charge < -0.3 is 28.7 Å². The van der Waals surface area contributed by atoms with Gasteiger partial charge in [-0.25, -0.2) is 0 Å². The molecule has 3 heterocycles. The zero-order valence-electron chi connectivity index (χ0n) is 21.3. The van der Waals surface area contributed by atoms with Gasteiger partial charge in [-0.3, -0.25) is 14.4 Å². The lowest BCUT2D eigenvalue weighted by Crippen LogP contribution is -2.26. The second-order valence-corrected chi connectivity index (χ2v) is 9.15. The van der Waals surface area contributed by atoms with Gasteiger partial charge in [-0.15, -0.1) is 0 Å². The SMILES string of the molecule is COc1ccc2[nH]c(=O)c([C@H]3CC(=O)Oc4ccc5c(c43)O/C(=C\c3ccc(OC)c(OC)c3)C5=O)cc2c1. The molecule has 0 saturated carbocycles. The molecule has 3 aromatic carbocycles. The zero-order chi connectivity index (χ0) is 27.3. The minimum Gasteiger partial charge on any atom is -0.497 e. The van der Waals surface area contributed by atoms with Gasteiger partial charge in [-0.1, -0.05) is 6.07 Å². The molecule has 1 aromatic heterocycles. The third-order valence-electron chi connectivity index (χ3n) is 6.94. The Hall–Kier alpha value is -5.05. The summed E-state index contributed by atoms with van der Waals surface area (Å²) in [6.07, 6.45) is 1.52. The number of hydrogen-bond donors (Lipinski definition) is 1. The molecule has 0 amide bonds. The first kappa shape index (κ1) is 24.3. The minimum atomic E-state index is -0.691. The first-order chi connectivity index (χ1) is 18.9. The van der Waals surface area contributed by atoms with Gasteiger partial charge in [0.1, 0.15) is 17.2 Å². The van der Waals surface area contributed by atoms with E-state index in [1.807, 2.05) is 0 Å². The Kier molecular flexibility index (Phi) is 5.83. The van der Waals surface area contributed by atoms with Crippen LogP contribution in [0.15, 0.2) is 65.2 Å². The smallest absolute Gasteiger partial charge is 0.312 e. The number of ketones is 1. The summed E-state index contributed by atoms with van der Waals surface area (Å²) in [5.74, 6) is 0.807. The van der Waals surface area contributed by atoms with Crippen LogP contribution in [0.2, 0.25) is 0 Å². The maximum absolute atomic E-state index is 13.3. The van der Waals surface area contributed by atoms with Crippen LogP contribution in [0.25, 0.3) is 17.0 Å². The molecule has 39 heavy (non-hydrogen) atoms. The number of esters is 1. The molecule has 9 heteroatoms. The largest absolute Gasteiger partial charge is 0.497 e. The summed E-state index contributed by atoms with van der Waals surface area (Å²) in [4.78, 5) is 42.0. The van der Waals surface area contributed by atoms with Crippen LogP contribution in [0, 0.1) is 0 Å². The van der Waals surface area contributed by atoms with E-state index in [0.29, 0.717) is 45.0 Å². The topological polar surface area (TPSA) is 113 Å².